The molecule has 0 aliphatic heterocycles. The molecule has 1 unspecified atom stereocenters. The summed E-state index contributed by atoms with van der Waals surface area (Å²) in [5.74, 6) is -1.13. The Balaban J connectivity index is 2.29. The standard InChI is InChI=1S/C15H15F2N/c1-10-7-8-12(16)14(15(10)17)13(18)9-11-5-3-2-4-6-11/h2-8,13H,9,18H2,1H3. The second-order valence-corrected chi connectivity index (χ2v) is 4.39. The molecule has 0 heterocycles. The predicted molar refractivity (Wildman–Crippen MR) is 68.2 cm³/mol. The number of rotatable bonds is 3. The summed E-state index contributed by atoms with van der Waals surface area (Å²) in [5.41, 5.74) is 7.26. The van der Waals surface area contributed by atoms with Gasteiger partial charge in [0, 0.05) is 11.6 Å². The van der Waals surface area contributed by atoms with Crippen molar-refractivity contribution in [2.75, 3.05) is 0 Å². The van der Waals surface area contributed by atoms with Gasteiger partial charge in [0.15, 0.2) is 0 Å². The fraction of sp³-hybridized carbons (Fsp3) is 0.200. The van der Waals surface area contributed by atoms with Gasteiger partial charge in [-0.25, -0.2) is 8.78 Å². The smallest absolute Gasteiger partial charge is 0.133 e. The molecule has 0 spiro atoms. The van der Waals surface area contributed by atoms with Gasteiger partial charge < -0.3 is 5.73 Å². The van der Waals surface area contributed by atoms with Crippen LogP contribution in [0, 0.1) is 18.6 Å². The van der Waals surface area contributed by atoms with Gasteiger partial charge in [-0.05, 0) is 30.5 Å². The van der Waals surface area contributed by atoms with Crippen LogP contribution in [-0.2, 0) is 6.42 Å². The minimum Gasteiger partial charge on any atom is -0.323 e. The molecule has 1 nitrogen and oxygen atoms in total. The molecule has 0 fully saturated rings. The minimum absolute atomic E-state index is 0.0288. The van der Waals surface area contributed by atoms with E-state index in [2.05, 4.69) is 0 Å². The number of hydrogen-bond donors (Lipinski definition) is 1. The summed E-state index contributed by atoms with van der Waals surface area (Å²) >= 11 is 0. The highest BCUT2D eigenvalue weighted by Gasteiger charge is 2.18. The zero-order chi connectivity index (χ0) is 13.1. The van der Waals surface area contributed by atoms with Crippen LogP contribution in [0.3, 0.4) is 0 Å². The van der Waals surface area contributed by atoms with Gasteiger partial charge >= 0.3 is 0 Å². The molecule has 0 amide bonds. The van der Waals surface area contributed by atoms with Crippen LogP contribution in [0.1, 0.15) is 22.7 Å². The Hall–Kier alpha value is -1.74. The summed E-state index contributed by atoms with van der Waals surface area (Å²) in [4.78, 5) is 0. The molecule has 3 heteroatoms. The van der Waals surface area contributed by atoms with Crippen molar-refractivity contribution in [3.05, 3.63) is 70.8 Å². The topological polar surface area (TPSA) is 26.0 Å². The third kappa shape index (κ3) is 2.57. The largest absolute Gasteiger partial charge is 0.323 e. The Bertz CT molecular complexity index is 538. The Kier molecular flexibility index (Phi) is 3.72. The highest BCUT2D eigenvalue weighted by Crippen LogP contribution is 2.24. The van der Waals surface area contributed by atoms with Crippen LogP contribution in [0.15, 0.2) is 42.5 Å². The maximum absolute atomic E-state index is 13.9. The maximum atomic E-state index is 13.9. The lowest BCUT2D eigenvalue weighted by Crippen LogP contribution is -2.17. The second kappa shape index (κ2) is 5.27. The first-order valence-electron chi connectivity index (χ1n) is 5.83. The van der Waals surface area contributed by atoms with Crippen molar-refractivity contribution in [3.63, 3.8) is 0 Å². The third-order valence-corrected chi connectivity index (χ3v) is 2.99. The van der Waals surface area contributed by atoms with Gasteiger partial charge in [-0.3, -0.25) is 0 Å². The first kappa shape index (κ1) is 12.7. The highest BCUT2D eigenvalue weighted by atomic mass is 19.1. The second-order valence-electron chi connectivity index (χ2n) is 4.39. The summed E-state index contributed by atoms with van der Waals surface area (Å²) in [7, 11) is 0. The first-order chi connectivity index (χ1) is 8.59. The van der Waals surface area contributed by atoms with E-state index in [0.29, 0.717) is 12.0 Å². The molecule has 0 saturated heterocycles. The van der Waals surface area contributed by atoms with Crippen molar-refractivity contribution < 1.29 is 8.78 Å². The van der Waals surface area contributed by atoms with Gasteiger partial charge in [0.25, 0.3) is 0 Å². The molecule has 94 valence electrons. The molecule has 0 aromatic heterocycles. The Morgan fingerprint density at radius 2 is 1.72 bits per heavy atom. The molecule has 2 aromatic rings. The molecule has 0 aliphatic carbocycles. The average Bonchev–Trinajstić information content (AvgIpc) is 2.36. The zero-order valence-corrected chi connectivity index (χ0v) is 10.2. The monoisotopic (exact) mass is 247 g/mol. The van der Waals surface area contributed by atoms with Crippen LogP contribution in [0.4, 0.5) is 8.78 Å². The Morgan fingerprint density at radius 3 is 2.39 bits per heavy atom. The molecule has 0 radical (unpaired) electrons. The van der Waals surface area contributed by atoms with E-state index in [0.717, 1.165) is 5.56 Å². The molecule has 1 atom stereocenters. The molecule has 0 bridgehead atoms. The van der Waals surface area contributed by atoms with E-state index in [1.54, 1.807) is 6.92 Å². The molecule has 2 N–H and O–H groups in total. The number of benzene rings is 2. The van der Waals surface area contributed by atoms with E-state index < -0.39 is 17.7 Å². The Morgan fingerprint density at radius 1 is 1.06 bits per heavy atom. The Labute approximate surface area is 105 Å². The predicted octanol–water partition coefficient (Wildman–Crippen LogP) is 3.52. The van der Waals surface area contributed by atoms with Crippen molar-refractivity contribution in [2.24, 2.45) is 5.73 Å². The van der Waals surface area contributed by atoms with Gasteiger partial charge in [0.1, 0.15) is 11.6 Å². The van der Waals surface area contributed by atoms with Gasteiger partial charge in [-0.15, -0.1) is 0 Å². The lowest BCUT2D eigenvalue weighted by Gasteiger charge is -2.15. The van der Waals surface area contributed by atoms with Gasteiger partial charge in [-0.2, -0.15) is 0 Å². The number of halogens is 2. The van der Waals surface area contributed by atoms with E-state index in [-0.39, 0.29) is 5.56 Å². The van der Waals surface area contributed by atoms with Gasteiger partial charge in [0.2, 0.25) is 0 Å². The van der Waals surface area contributed by atoms with E-state index in [9.17, 15) is 8.78 Å². The number of nitrogens with two attached hydrogens (primary N) is 1. The van der Waals surface area contributed by atoms with Crippen molar-refractivity contribution in [1.82, 2.24) is 0 Å². The fourth-order valence-electron chi connectivity index (χ4n) is 1.99. The molecule has 0 saturated carbocycles. The van der Waals surface area contributed by atoms with Crippen molar-refractivity contribution in [2.45, 2.75) is 19.4 Å². The highest BCUT2D eigenvalue weighted by molar-refractivity contribution is 5.30. The minimum atomic E-state index is -0.674. The van der Waals surface area contributed by atoms with Crippen molar-refractivity contribution in [3.8, 4) is 0 Å². The first-order valence-corrected chi connectivity index (χ1v) is 5.83. The summed E-state index contributed by atoms with van der Waals surface area (Å²) in [5, 5.41) is 0. The summed E-state index contributed by atoms with van der Waals surface area (Å²) in [6, 6.07) is 11.4. The van der Waals surface area contributed by atoms with E-state index in [1.807, 2.05) is 30.3 Å². The van der Waals surface area contributed by atoms with E-state index >= 15 is 0 Å². The normalized spacial score (nSPS) is 12.4. The summed E-state index contributed by atoms with van der Waals surface area (Å²) in [6.07, 6.45) is 0.415. The lowest BCUT2D eigenvalue weighted by molar-refractivity contribution is 0.520. The van der Waals surface area contributed by atoms with E-state index in [1.165, 1.54) is 12.1 Å². The van der Waals surface area contributed by atoms with Crippen molar-refractivity contribution in [1.29, 1.82) is 0 Å². The molecular formula is C15H15F2N. The maximum Gasteiger partial charge on any atom is 0.133 e. The number of aryl methyl sites for hydroxylation is 1. The van der Waals surface area contributed by atoms with E-state index in [4.69, 9.17) is 5.73 Å². The SMILES string of the molecule is Cc1ccc(F)c(C(N)Cc2ccccc2)c1F. The van der Waals surface area contributed by atoms with Crippen LogP contribution < -0.4 is 5.73 Å². The van der Waals surface area contributed by atoms with Crippen LogP contribution in [-0.4, -0.2) is 0 Å². The summed E-state index contributed by atoms with van der Waals surface area (Å²) < 4.78 is 27.6. The zero-order valence-electron chi connectivity index (χ0n) is 10.2. The van der Waals surface area contributed by atoms with Gasteiger partial charge in [0.05, 0.1) is 0 Å². The molecular weight excluding hydrogens is 232 g/mol. The van der Waals surface area contributed by atoms with Crippen LogP contribution in [0.5, 0.6) is 0 Å². The lowest BCUT2D eigenvalue weighted by atomic mass is 9.97. The average molecular weight is 247 g/mol. The third-order valence-electron chi connectivity index (χ3n) is 2.99. The fourth-order valence-corrected chi connectivity index (χ4v) is 1.99. The summed E-state index contributed by atoms with van der Waals surface area (Å²) in [6.45, 7) is 1.60. The molecule has 2 aromatic carbocycles. The quantitative estimate of drug-likeness (QED) is 0.882. The molecule has 2 rings (SSSR count). The van der Waals surface area contributed by atoms with Crippen LogP contribution >= 0.6 is 0 Å². The molecule has 0 aliphatic rings. The number of hydrogen-bond acceptors (Lipinski definition) is 1. The van der Waals surface area contributed by atoms with Crippen LogP contribution in [0.25, 0.3) is 0 Å². The van der Waals surface area contributed by atoms with Crippen LogP contribution in [0.2, 0.25) is 0 Å². The van der Waals surface area contributed by atoms with Crippen molar-refractivity contribution >= 4 is 0 Å². The molecule has 18 heavy (non-hydrogen) atoms. The van der Waals surface area contributed by atoms with Gasteiger partial charge in [-0.1, -0.05) is 36.4 Å².